The molecule has 0 heterocycles. The molecule has 3 rings (SSSR count). The summed E-state index contributed by atoms with van der Waals surface area (Å²) in [6.45, 7) is 2.16. The average Bonchev–Trinajstić information content (AvgIpc) is 2.85. The van der Waals surface area contributed by atoms with Crippen LogP contribution in [-0.4, -0.2) is 36.7 Å². The highest BCUT2D eigenvalue weighted by atomic mass is 16.6. The number of benzene rings is 1. The van der Waals surface area contributed by atoms with Gasteiger partial charge < -0.3 is 14.2 Å². The summed E-state index contributed by atoms with van der Waals surface area (Å²) in [7, 11) is 0. The Kier molecular flexibility index (Phi) is 9.76. The summed E-state index contributed by atoms with van der Waals surface area (Å²) in [6, 6.07) is 8.82. The van der Waals surface area contributed by atoms with Gasteiger partial charge in [0, 0.05) is 12.8 Å². The van der Waals surface area contributed by atoms with Crippen LogP contribution in [0.3, 0.4) is 0 Å². The molecule has 0 spiro atoms. The molecular formula is C27H38O6. The molecule has 2 aliphatic carbocycles. The van der Waals surface area contributed by atoms with Crippen molar-refractivity contribution < 1.29 is 28.6 Å². The monoisotopic (exact) mass is 458 g/mol. The highest BCUT2D eigenvalue weighted by Crippen LogP contribution is 2.30. The Balaban J connectivity index is 1.53. The molecule has 0 radical (unpaired) electrons. The minimum atomic E-state index is -0.863. The first-order chi connectivity index (χ1) is 16.0. The fourth-order valence-electron chi connectivity index (χ4n) is 4.73. The van der Waals surface area contributed by atoms with Crippen molar-refractivity contribution in [2.75, 3.05) is 13.2 Å². The third-order valence-corrected chi connectivity index (χ3v) is 6.97. The van der Waals surface area contributed by atoms with Crippen LogP contribution in [0.4, 0.5) is 0 Å². The van der Waals surface area contributed by atoms with E-state index in [0.29, 0.717) is 18.4 Å². The maximum absolute atomic E-state index is 12.8. The predicted molar refractivity (Wildman–Crippen MR) is 125 cm³/mol. The Morgan fingerprint density at radius 1 is 0.758 bits per heavy atom. The van der Waals surface area contributed by atoms with Gasteiger partial charge in [0.1, 0.15) is 5.60 Å². The van der Waals surface area contributed by atoms with E-state index < -0.39 is 11.6 Å². The molecular weight excluding hydrogens is 420 g/mol. The molecule has 1 aromatic rings. The van der Waals surface area contributed by atoms with Crippen molar-refractivity contribution in [1.29, 1.82) is 0 Å². The average molecular weight is 459 g/mol. The van der Waals surface area contributed by atoms with Crippen LogP contribution in [0.2, 0.25) is 0 Å². The lowest BCUT2D eigenvalue weighted by Gasteiger charge is -2.32. The molecule has 0 amide bonds. The molecule has 0 N–H and O–H groups in total. The van der Waals surface area contributed by atoms with Gasteiger partial charge in [0.2, 0.25) is 0 Å². The van der Waals surface area contributed by atoms with E-state index in [9.17, 15) is 14.4 Å². The van der Waals surface area contributed by atoms with Crippen molar-refractivity contribution in [2.24, 2.45) is 11.8 Å². The quantitative estimate of drug-likeness (QED) is 0.334. The third kappa shape index (κ3) is 8.17. The maximum Gasteiger partial charge on any atom is 0.338 e. The second kappa shape index (κ2) is 12.8. The molecule has 2 saturated carbocycles. The van der Waals surface area contributed by atoms with Crippen LogP contribution in [-0.2, 0) is 23.8 Å². The van der Waals surface area contributed by atoms with Gasteiger partial charge in [-0.2, -0.15) is 0 Å². The molecule has 1 unspecified atom stereocenters. The second-order valence-corrected chi connectivity index (χ2v) is 9.71. The van der Waals surface area contributed by atoms with Crippen LogP contribution in [0, 0.1) is 11.8 Å². The fourth-order valence-corrected chi connectivity index (χ4v) is 4.73. The molecule has 6 nitrogen and oxygen atoms in total. The van der Waals surface area contributed by atoms with Crippen LogP contribution < -0.4 is 0 Å². The largest absolute Gasteiger partial charge is 0.465 e. The first kappa shape index (κ1) is 25.3. The van der Waals surface area contributed by atoms with Gasteiger partial charge >= 0.3 is 17.9 Å². The number of hydrogen-bond donors (Lipinski definition) is 0. The van der Waals surface area contributed by atoms with Crippen molar-refractivity contribution in [3.63, 3.8) is 0 Å². The van der Waals surface area contributed by atoms with E-state index in [1.165, 1.54) is 6.42 Å². The molecule has 33 heavy (non-hydrogen) atoms. The van der Waals surface area contributed by atoms with Crippen molar-refractivity contribution in [1.82, 2.24) is 0 Å². The zero-order valence-corrected chi connectivity index (χ0v) is 19.9. The number of carbonyl (C=O) groups is 3. The lowest BCUT2D eigenvalue weighted by atomic mass is 9.89. The molecule has 0 saturated heterocycles. The summed E-state index contributed by atoms with van der Waals surface area (Å²) in [6.07, 6.45) is 10.8. The van der Waals surface area contributed by atoms with Gasteiger partial charge in [-0.3, -0.25) is 9.59 Å². The van der Waals surface area contributed by atoms with E-state index >= 15 is 0 Å². The van der Waals surface area contributed by atoms with Crippen molar-refractivity contribution in [2.45, 2.75) is 89.6 Å². The van der Waals surface area contributed by atoms with Gasteiger partial charge in [-0.05, 0) is 44.7 Å². The van der Waals surface area contributed by atoms with Crippen LogP contribution in [0.25, 0.3) is 0 Å². The number of esters is 3. The van der Waals surface area contributed by atoms with Crippen LogP contribution in [0.5, 0.6) is 0 Å². The number of ether oxygens (including phenoxy) is 3. The number of rotatable bonds is 10. The smallest absolute Gasteiger partial charge is 0.338 e. The summed E-state index contributed by atoms with van der Waals surface area (Å²) in [5.74, 6) is -0.826. The van der Waals surface area contributed by atoms with Gasteiger partial charge in [-0.15, -0.1) is 0 Å². The van der Waals surface area contributed by atoms with Gasteiger partial charge in [0.25, 0.3) is 0 Å². The van der Waals surface area contributed by atoms with Crippen LogP contribution in [0.15, 0.2) is 30.3 Å². The molecule has 0 aromatic heterocycles. The summed E-state index contributed by atoms with van der Waals surface area (Å²) >= 11 is 0. The van der Waals surface area contributed by atoms with E-state index in [-0.39, 0.29) is 37.0 Å². The Morgan fingerprint density at radius 3 is 1.85 bits per heavy atom. The highest BCUT2D eigenvalue weighted by molar-refractivity contribution is 5.89. The summed E-state index contributed by atoms with van der Waals surface area (Å²) < 4.78 is 17.0. The van der Waals surface area contributed by atoms with Crippen molar-refractivity contribution in [3.05, 3.63) is 35.9 Å². The Hall–Kier alpha value is -2.37. The van der Waals surface area contributed by atoms with Crippen molar-refractivity contribution >= 4 is 17.9 Å². The number of hydrogen-bond acceptors (Lipinski definition) is 6. The first-order valence-corrected chi connectivity index (χ1v) is 12.6. The first-order valence-electron chi connectivity index (χ1n) is 12.6. The van der Waals surface area contributed by atoms with E-state index in [4.69, 9.17) is 14.2 Å². The van der Waals surface area contributed by atoms with Gasteiger partial charge in [-0.25, -0.2) is 4.79 Å². The lowest BCUT2D eigenvalue weighted by Crippen LogP contribution is -2.38. The van der Waals surface area contributed by atoms with Crippen LogP contribution >= 0.6 is 0 Å². The van der Waals surface area contributed by atoms with E-state index in [1.54, 1.807) is 24.3 Å². The topological polar surface area (TPSA) is 78.9 Å². The maximum atomic E-state index is 12.8. The molecule has 0 aliphatic heterocycles. The van der Waals surface area contributed by atoms with Crippen LogP contribution in [0.1, 0.15) is 94.3 Å². The molecule has 0 bridgehead atoms. The lowest BCUT2D eigenvalue weighted by molar-refractivity contribution is -0.169. The fraction of sp³-hybridized carbons (Fsp3) is 0.667. The Labute approximate surface area is 197 Å². The summed E-state index contributed by atoms with van der Waals surface area (Å²) in [5, 5.41) is 0. The highest BCUT2D eigenvalue weighted by Gasteiger charge is 2.34. The molecule has 6 heteroatoms. The van der Waals surface area contributed by atoms with E-state index in [1.807, 2.05) is 13.0 Å². The molecule has 2 aliphatic rings. The SMILES string of the molecule is CC(CCOC(=O)c1ccccc1)(CCOC(=O)C1CCCCC1)OC(=O)C1CCCCC1. The van der Waals surface area contributed by atoms with Gasteiger partial charge in [0.15, 0.2) is 0 Å². The predicted octanol–water partition coefficient (Wildman–Crippen LogP) is 5.63. The minimum Gasteiger partial charge on any atom is -0.465 e. The standard InChI is InChI=1S/C27H38O6/c1-27(33-26(30)23-15-9-4-10-16-23,17-19-31-24(28)21-11-5-2-6-12-21)18-20-32-25(29)22-13-7-3-8-14-22/h2,5-6,11-12,22-23H,3-4,7-10,13-20H2,1H3. The third-order valence-electron chi connectivity index (χ3n) is 6.97. The second-order valence-electron chi connectivity index (χ2n) is 9.71. The Morgan fingerprint density at radius 2 is 1.27 bits per heavy atom. The summed E-state index contributed by atoms with van der Waals surface area (Å²) in [4.78, 5) is 37.5. The summed E-state index contributed by atoms with van der Waals surface area (Å²) in [5.41, 5.74) is -0.377. The van der Waals surface area contributed by atoms with Gasteiger partial charge in [0.05, 0.1) is 30.6 Å². The van der Waals surface area contributed by atoms with Crippen molar-refractivity contribution in [3.8, 4) is 0 Å². The molecule has 2 fully saturated rings. The Bertz CT molecular complexity index is 764. The van der Waals surface area contributed by atoms with E-state index in [2.05, 4.69) is 0 Å². The zero-order valence-electron chi connectivity index (χ0n) is 19.9. The molecule has 1 atom stereocenters. The minimum absolute atomic E-state index is 0.0124. The zero-order chi connectivity index (χ0) is 23.5. The molecule has 1 aromatic carbocycles. The molecule has 182 valence electrons. The van der Waals surface area contributed by atoms with E-state index in [0.717, 1.165) is 57.8 Å². The van der Waals surface area contributed by atoms with Gasteiger partial charge in [-0.1, -0.05) is 56.7 Å². The number of carbonyl (C=O) groups excluding carboxylic acids is 3. The normalized spacial score (nSPS) is 19.3.